The van der Waals surface area contributed by atoms with Gasteiger partial charge in [-0.05, 0) is 0 Å². The number of aromatic nitrogens is 1. The third-order valence-corrected chi connectivity index (χ3v) is 1.65. The number of rotatable bonds is 2. The molecule has 1 aromatic rings. The molecule has 0 fully saturated rings. The van der Waals surface area contributed by atoms with E-state index in [0.29, 0.717) is 12.3 Å². The summed E-state index contributed by atoms with van der Waals surface area (Å²) in [4.78, 5) is 11.7. The highest BCUT2D eigenvalue weighted by Gasteiger charge is 2.43. The lowest BCUT2D eigenvalue weighted by molar-refractivity contribution is -0.388. The van der Waals surface area contributed by atoms with E-state index in [1.54, 1.807) is 0 Å². The average Bonchev–Trinajstić information content (AvgIpc) is 2.15. The Labute approximate surface area is 84.9 Å². The molecule has 0 N–H and O–H groups in total. The zero-order chi connectivity index (χ0) is 12.5. The maximum Gasteiger partial charge on any atom is 0.425 e. The quantitative estimate of drug-likeness (QED) is 0.455. The maximum atomic E-state index is 12.4. The van der Waals surface area contributed by atoms with Gasteiger partial charge in [-0.15, -0.1) is 0 Å². The van der Waals surface area contributed by atoms with E-state index in [9.17, 15) is 32.1 Å². The van der Waals surface area contributed by atoms with E-state index in [4.69, 9.17) is 0 Å². The van der Waals surface area contributed by atoms with Crippen LogP contribution < -0.4 is 0 Å². The van der Waals surface area contributed by atoms with Crippen LogP contribution in [0.25, 0.3) is 0 Å². The van der Waals surface area contributed by atoms with Crippen LogP contribution in [0.1, 0.15) is 17.7 Å². The normalized spacial score (nSPS) is 11.9. The van der Waals surface area contributed by atoms with Crippen LogP contribution in [0, 0.1) is 10.1 Å². The van der Waals surface area contributed by atoms with Gasteiger partial charge in [0.2, 0.25) is 0 Å². The predicted molar refractivity (Wildman–Crippen MR) is 40.9 cm³/mol. The summed E-state index contributed by atoms with van der Waals surface area (Å²) in [7, 11) is 0. The smallest absolute Gasteiger partial charge is 0.258 e. The van der Waals surface area contributed by atoms with Crippen molar-refractivity contribution in [2.45, 2.75) is 12.6 Å². The van der Waals surface area contributed by atoms with Gasteiger partial charge in [0.05, 0.1) is 4.92 Å². The van der Waals surface area contributed by atoms with E-state index < -0.39 is 34.5 Å². The van der Waals surface area contributed by atoms with E-state index >= 15 is 0 Å². The van der Waals surface area contributed by atoms with Crippen molar-refractivity contribution in [3.05, 3.63) is 33.6 Å². The molecule has 1 rings (SSSR count). The van der Waals surface area contributed by atoms with E-state index in [-0.39, 0.29) is 0 Å². The molecule has 0 saturated carbocycles. The van der Waals surface area contributed by atoms with E-state index in [1.165, 1.54) is 0 Å². The van der Waals surface area contributed by atoms with Gasteiger partial charge in [0.1, 0.15) is 5.69 Å². The molecule has 1 heterocycles. The highest BCUT2D eigenvalue weighted by molar-refractivity contribution is 5.44. The molecule has 0 bridgehead atoms. The Kier molecular flexibility index (Phi) is 3.06. The van der Waals surface area contributed by atoms with Crippen LogP contribution in [0.2, 0.25) is 0 Å². The second kappa shape index (κ2) is 3.99. The van der Waals surface area contributed by atoms with E-state index in [0.717, 1.165) is 0 Å². The standard InChI is InChI=1S/C7H3F5N2O2/c8-6(9)5-4(7(10,11)12)3(14(15)16)1-2-13-5/h1-2,6H. The van der Waals surface area contributed by atoms with Crippen molar-refractivity contribution in [2.24, 2.45) is 0 Å². The minimum atomic E-state index is -5.25. The SMILES string of the molecule is O=[N+]([O-])c1ccnc(C(F)F)c1C(F)(F)F. The topological polar surface area (TPSA) is 56.0 Å². The number of pyridine rings is 1. The van der Waals surface area contributed by atoms with Gasteiger partial charge >= 0.3 is 6.18 Å². The van der Waals surface area contributed by atoms with Crippen LogP contribution in [0.15, 0.2) is 12.3 Å². The van der Waals surface area contributed by atoms with Gasteiger partial charge < -0.3 is 0 Å². The highest BCUT2D eigenvalue weighted by Crippen LogP contribution is 2.40. The van der Waals surface area contributed by atoms with Crippen molar-refractivity contribution in [1.82, 2.24) is 4.98 Å². The summed E-state index contributed by atoms with van der Waals surface area (Å²) in [5, 5.41) is 10.3. The summed E-state index contributed by atoms with van der Waals surface area (Å²) < 4.78 is 61.5. The lowest BCUT2D eigenvalue weighted by atomic mass is 10.1. The fourth-order valence-electron chi connectivity index (χ4n) is 1.08. The molecular formula is C7H3F5N2O2. The Morgan fingerprint density at radius 2 is 1.94 bits per heavy atom. The third-order valence-electron chi connectivity index (χ3n) is 1.65. The van der Waals surface area contributed by atoms with Crippen molar-refractivity contribution in [1.29, 1.82) is 0 Å². The number of nitro groups is 1. The van der Waals surface area contributed by atoms with Crippen LogP contribution in [0.3, 0.4) is 0 Å². The number of alkyl halides is 5. The van der Waals surface area contributed by atoms with Gasteiger partial charge in [0.15, 0.2) is 5.56 Å². The van der Waals surface area contributed by atoms with E-state index in [1.807, 2.05) is 0 Å². The van der Waals surface area contributed by atoms with Crippen molar-refractivity contribution in [3.8, 4) is 0 Å². The average molecular weight is 242 g/mol. The zero-order valence-corrected chi connectivity index (χ0v) is 7.33. The molecule has 0 aliphatic carbocycles. The van der Waals surface area contributed by atoms with Crippen molar-refractivity contribution in [2.75, 3.05) is 0 Å². The number of hydrogen-bond acceptors (Lipinski definition) is 3. The second-order valence-corrected chi connectivity index (χ2v) is 2.65. The minimum Gasteiger partial charge on any atom is -0.258 e. The molecule has 16 heavy (non-hydrogen) atoms. The first-order chi connectivity index (χ1) is 7.25. The number of nitrogens with zero attached hydrogens (tertiary/aromatic N) is 2. The fraction of sp³-hybridized carbons (Fsp3) is 0.286. The minimum absolute atomic E-state index is 0.425. The molecule has 0 radical (unpaired) electrons. The van der Waals surface area contributed by atoms with Crippen LogP contribution in [-0.4, -0.2) is 9.91 Å². The Balaban J connectivity index is 3.54. The lowest BCUT2D eigenvalue weighted by Gasteiger charge is -2.10. The molecule has 0 aromatic carbocycles. The van der Waals surface area contributed by atoms with Crippen LogP contribution in [-0.2, 0) is 6.18 Å². The number of halogens is 5. The van der Waals surface area contributed by atoms with Gasteiger partial charge in [-0.1, -0.05) is 0 Å². The Morgan fingerprint density at radius 1 is 1.38 bits per heavy atom. The summed E-state index contributed by atoms with van der Waals surface area (Å²) in [6, 6.07) is 0.425. The van der Waals surface area contributed by atoms with Crippen LogP contribution in [0.4, 0.5) is 27.6 Å². The summed E-state index contributed by atoms with van der Waals surface area (Å²) >= 11 is 0. The Hall–Kier alpha value is -1.80. The van der Waals surface area contributed by atoms with Crippen molar-refractivity contribution < 1.29 is 26.9 Å². The summed E-state index contributed by atoms with van der Waals surface area (Å²) in [5.41, 5.74) is -5.07. The summed E-state index contributed by atoms with van der Waals surface area (Å²) in [6.45, 7) is 0. The second-order valence-electron chi connectivity index (χ2n) is 2.65. The summed E-state index contributed by atoms with van der Waals surface area (Å²) in [5.74, 6) is 0. The van der Waals surface area contributed by atoms with E-state index in [2.05, 4.69) is 4.98 Å². The van der Waals surface area contributed by atoms with Crippen LogP contribution in [0.5, 0.6) is 0 Å². The molecule has 88 valence electrons. The third kappa shape index (κ3) is 2.23. The van der Waals surface area contributed by atoms with Crippen LogP contribution >= 0.6 is 0 Å². The Morgan fingerprint density at radius 3 is 2.31 bits per heavy atom. The van der Waals surface area contributed by atoms with Gasteiger partial charge in [-0.3, -0.25) is 15.1 Å². The molecular weight excluding hydrogens is 239 g/mol. The highest BCUT2D eigenvalue weighted by atomic mass is 19.4. The fourth-order valence-corrected chi connectivity index (χ4v) is 1.08. The molecule has 9 heteroatoms. The first-order valence-electron chi connectivity index (χ1n) is 3.73. The molecule has 0 aliphatic rings. The monoisotopic (exact) mass is 242 g/mol. The van der Waals surface area contributed by atoms with Gasteiger partial charge in [0.25, 0.3) is 12.1 Å². The summed E-state index contributed by atoms with van der Waals surface area (Å²) in [6.07, 6.45) is -8.24. The first-order valence-corrected chi connectivity index (χ1v) is 3.73. The molecule has 4 nitrogen and oxygen atoms in total. The van der Waals surface area contributed by atoms with Gasteiger partial charge in [-0.2, -0.15) is 13.2 Å². The molecule has 0 spiro atoms. The van der Waals surface area contributed by atoms with Crippen molar-refractivity contribution >= 4 is 5.69 Å². The molecule has 0 atom stereocenters. The van der Waals surface area contributed by atoms with Gasteiger partial charge in [0, 0.05) is 12.3 Å². The largest absolute Gasteiger partial charge is 0.425 e. The molecule has 0 amide bonds. The molecule has 0 saturated heterocycles. The first kappa shape index (κ1) is 12.3. The molecule has 1 aromatic heterocycles. The molecule has 0 unspecified atom stereocenters. The molecule has 0 aliphatic heterocycles. The lowest BCUT2D eigenvalue weighted by Crippen LogP contribution is -2.14. The maximum absolute atomic E-state index is 12.4. The number of hydrogen-bond donors (Lipinski definition) is 0. The zero-order valence-electron chi connectivity index (χ0n) is 7.33. The van der Waals surface area contributed by atoms with Crippen molar-refractivity contribution in [3.63, 3.8) is 0 Å². The Bertz CT molecular complexity index is 418. The predicted octanol–water partition coefficient (Wildman–Crippen LogP) is 2.95. The van der Waals surface area contributed by atoms with Gasteiger partial charge in [-0.25, -0.2) is 8.78 Å².